The molecule has 1 aliphatic rings. The lowest BCUT2D eigenvalue weighted by Gasteiger charge is -2.15. The summed E-state index contributed by atoms with van der Waals surface area (Å²) in [6, 6.07) is 10.1. The molecule has 0 unspecified atom stereocenters. The molecule has 0 amide bonds. The summed E-state index contributed by atoms with van der Waals surface area (Å²) in [6.07, 6.45) is 0. The van der Waals surface area contributed by atoms with Crippen LogP contribution in [0.2, 0.25) is 0 Å². The molecule has 0 atom stereocenters. The molecule has 4 heteroatoms. The summed E-state index contributed by atoms with van der Waals surface area (Å²) in [7, 11) is 0. The summed E-state index contributed by atoms with van der Waals surface area (Å²) in [4.78, 5) is 2.05. The number of halogens is 2. The number of rotatable bonds is 2. The van der Waals surface area contributed by atoms with Gasteiger partial charge in [0.15, 0.2) is 11.6 Å². The molecule has 0 saturated carbocycles. The molecule has 2 nitrogen and oxygen atoms in total. The zero-order valence-electron chi connectivity index (χ0n) is 10.4. The Kier molecular flexibility index (Phi) is 2.95. The Bertz CT molecular complexity index is 626. The zero-order valence-corrected chi connectivity index (χ0v) is 10.4. The number of fused-ring (bicyclic) bond motifs is 1. The Morgan fingerprint density at radius 2 is 1.84 bits per heavy atom. The first-order valence-corrected chi connectivity index (χ1v) is 6.16. The predicted molar refractivity (Wildman–Crippen MR) is 70.2 cm³/mol. The molecule has 2 N–H and O–H groups in total. The molecule has 0 fully saturated rings. The number of nitrogen functional groups attached to an aromatic ring is 1. The predicted octanol–water partition coefficient (Wildman–Crippen LogP) is 3.06. The number of nitrogens with zero attached hydrogens (tertiary/aromatic N) is 1. The van der Waals surface area contributed by atoms with Gasteiger partial charge in [0.05, 0.1) is 0 Å². The van der Waals surface area contributed by atoms with Crippen LogP contribution in [0.4, 0.5) is 14.5 Å². The molecule has 1 heterocycles. The van der Waals surface area contributed by atoms with E-state index in [0.717, 1.165) is 29.4 Å². The highest BCUT2D eigenvalue weighted by molar-refractivity contribution is 5.52. The molecule has 98 valence electrons. The van der Waals surface area contributed by atoms with Gasteiger partial charge in [0.2, 0.25) is 0 Å². The van der Waals surface area contributed by atoms with Gasteiger partial charge in [-0.1, -0.05) is 24.3 Å². The topological polar surface area (TPSA) is 29.3 Å². The standard InChI is InChI=1S/C15H14F2N2/c16-13-5-1-4-11(15(13)17)8-19-7-10-3-2-6-14(18)12(10)9-19/h1-6H,7-9,18H2. The third kappa shape index (κ3) is 2.19. The molecule has 0 spiro atoms. The zero-order chi connectivity index (χ0) is 13.4. The van der Waals surface area contributed by atoms with Gasteiger partial charge < -0.3 is 5.73 Å². The van der Waals surface area contributed by atoms with Gasteiger partial charge in [0.1, 0.15) is 0 Å². The molecule has 1 aliphatic heterocycles. The van der Waals surface area contributed by atoms with Crippen molar-refractivity contribution in [2.75, 3.05) is 5.73 Å². The van der Waals surface area contributed by atoms with Crippen molar-refractivity contribution in [2.24, 2.45) is 0 Å². The maximum Gasteiger partial charge on any atom is 0.163 e. The van der Waals surface area contributed by atoms with Crippen LogP contribution in [0, 0.1) is 11.6 Å². The SMILES string of the molecule is Nc1cccc2c1CN(Cc1cccc(F)c1F)C2. The normalized spacial score (nSPS) is 14.6. The van der Waals surface area contributed by atoms with Crippen LogP contribution >= 0.6 is 0 Å². The van der Waals surface area contributed by atoms with E-state index in [1.807, 2.05) is 18.2 Å². The summed E-state index contributed by atoms with van der Waals surface area (Å²) in [5.41, 5.74) is 9.33. The molecule has 0 aliphatic carbocycles. The second-order valence-corrected chi connectivity index (χ2v) is 4.84. The van der Waals surface area contributed by atoms with Gasteiger partial charge in [-0.2, -0.15) is 0 Å². The molecule has 2 aromatic carbocycles. The molecule has 2 aromatic rings. The second kappa shape index (κ2) is 4.63. The molecule has 0 saturated heterocycles. The maximum atomic E-state index is 13.6. The van der Waals surface area contributed by atoms with Crippen molar-refractivity contribution in [3.8, 4) is 0 Å². The number of anilines is 1. The van der Waals surface area contributed by atoms with Gasteiger partial charge in [-0.3, -0.25) is 4.90 Å². The van der Waals surface area contributed by atoms with Gasteiger partial charge in [-0.25, -0.2) is 8.78 Å². The summed E-state index contributed by atoms with van der Waals surface area (Å²) < 4.78 is 26.8. The van der Waals surface area contributed by atoms with E-state index in [1.54, 1.807) is 6.07 Å². The van der Waals surface area contributed by atoms with Crippen molar-refractivity contribution in [2.45, 2.75) is 19.6 Å². The first kappa shape index (κ1) is 12.1. The highest BCUT2D eigenvalue weighted by atomic mass is 19.2. The van der Waals surface area contributed by atoms with E-state index in [1.165, 1.54) is 6.07 Å². The Morgan fingerprint density at radius 3 is 2.63 bits per heavy atom. The van der Waals surface area contributed by atoms with Gasteiger partial charge >= 0.3 is 0 Å². The van der Waals surface area contributed by atoms with E-state index in [4.69, 9.17) is 5.73 Å². The Labute approximate surface area is 110 Å². The fourth-order valence-corrected chi connectivity index (χ4v) is 2.54. The molecule has 19 heavy (non-hydrogen) atoms. The summed E-state index contributed by atoms with van der Waals surface area (Å²) in [6.45, 7) is 1.78. The quantitative estimate of drug-likeness (QED) is 0.841. The van der Waals surface area contributed by atoms with Crippen LogP contribution in [0.15, 0.2) is 36.4 Å². The third-order valence-electron chi connectivity index (χ3n) is 3.51. The van der Waals surface area contributed by atoms with Crippen LogP contribution in [-0.4, -0.2) is 4.90 Å². The Morgan fingerprint density at radius 1 is 1.05 bits per heavy atom. The van der Waals surface area contributed by atoms with Crippen molar-refractivity contribution in [3.05, 3.63) is 64.7 Å². The van der Waals surface area contributed by atoms with Crippen LogP contribution in [0.5, 0.6) is 0 Å². The van der Waals surface area contributed by atoms with E-state index in [0.29, 0.717) is 18.7 Å². The average molecular weight is 260 g/mol. The van der Waals surface area contributed by atoms with Gasteiger partial charge in [0.25, 0.3) is 0 Å². The molecule has 0 aromatic heterocycles. The molecule has 0 bridgehead atoms. The van der Waals surface area contributed by atoms with E-state index in [9.17, 15) is 8.78 Å². The van der Waals surface area contributed by atoms with E-state index in [2.05, 4.69) is 4.90 Å². The van der Waals surface area contributed by atoms with Gasteiger partial charge in [-0.15, -0.1) is 0 Å². The number of hydrogen-bond acceptors (Lipinski definition) is 2. The lowest BCUT2D eigenvalue weighted by Crippen LogP contribution is -2.17. The monoisotopic (exact) mass is 260 g/mol. The first-order chi connectivity index (χ1) is 9.15. The van der Waals surface area contributed by atoms with E-state index >= 15 is 0 Å². The van der Waals surface area contributed by atoms with Crippen molar-refractivity contribution < 1.29 is 8.78 Å². The lowest BCUT2D eigenvalue weighted by atomic mass is 10.1. The van der Waals surface area contributed by atoms with Crippen LogP contribution in [-0.2, 0) is 19.6 Å². The lowest BCUT2D eigenvalue weighted by molar-refractivity contribution is 0.270. The first-order valence-electron chi connectivity index (χ1n) is 6.16. The highest BCUT2D eigenvalue weighted by Gasteiger charge is 2.22. The van der Waals surface area contributed by atoms with Gasteiger partial charge in [0, 0.05) is 30.9 Å². The minimum atomic E-state index is -0.797. The number of hydrogen-bond donors (Lipinski definition) is 1. The average Bonchev–Trinajstić information content (AvgIpc) is 2.79. The highest BCUT2D eigenvalue weighted by Crippen LogP contribution is 2.29. The molecular weight excluding hydrogens is 246 g/mol. The van der Waals surface area contributed by atoms with Crippen LogP contribution in [0.1, 0.15) is 16.7 Å². The fourth-order valence-electron chi connectivity index (χ4n) is 2.54. The van der Waals surface area contributed by atoms with Crippen LogP contribution < -0.4 is 5.73 Å². The molecular formula is C15H14F2N2. The maximum absolute atomic E-state index is 13.6. The Balaban J connectivity index is 1.81. The third-order valence-corrected chi connectivity index (χ3v) is 3.51. The second-order valence-electron chi connectivity index (χ2n) is 4.84. The van der Waals surface area contributed by atoms with Crippen molar-refractivity contribution in [1.82, 2.24) is 4.90 Å². The van der Waals surface area contributed by atoms with Crippen LogP contribution in [0.25, 0.3) is 0 Å². The summed E-state index contributed by atoms with van der Waals surface area (Å²) in [5.74, 6) is -1.56. The summed E-state index contributed by atoms with van der Waals surface area (Å²) in [5, 5.41) is 0. The van der Waals surface area contributed by atoms with Crippen molar-refractivity contribution >= 4 is 5.69 Å². The minimum absolute atomic E-state index is 0.381. The smallest absolute Gasteiger partial charge is 0.163 e. The molecule has 0 radical (unpaired) electrons. The number of benzene rings is 2. The van der Waals surface area contributed by atoms with Crippen molar-refractivity contribution in [3.63, 3.8) is 0 Å². The Hall–Kier alpha value is -1.94. The van der Waals surface area contributed by atoms with E-state index < -0.39 is 11.6 Å². The fraction of sp³-hybridized carbons (Fsp3) is 0.200. The largest absolute Gasteiger partial charge is 0.398 e. The van der Waals surface area contributed by atoms with Crippen LogP contribution in [0.3, 0.4) is 0 Å². The summed E-state index contributed by atoms with van der Waals surface area (Å²) >= 11 is 0. The van der Waals surface area contributed by atoms with Gasteiger partial charge in [-0.05, 0) is 23.3 Å². The minimum Gasteiger partial charge on any atom is -0.398 e. The van der Waals surface area contributed by atoms with Crippen molar-refractivity contribution in [1.29, 1.82) is 0 Å². The number of nitrogens with two attached hydrogens (primary N) is 1. The molecule has 3 rings (SSSR count). The van der Waals surface area contributed by atoms with E-state index in [-0.39, 0.29) is 0 Å².